The van der Waals surface area contributed by atoms with Gasteiger partial charge in [0, 0.05) is 11.1 Å². The molecule has 0 aliphatic heterocycles. The van der Waals surface area contributed by atoms with Crippen LogP contribution in [0, 0.1) is 0 Å². The molecule has 0 unspecified atom stereocenters. The highest BCUT2D eigenvalue weighted by atomic mass is 35.5. The predicted octanol–water partition coefficient (Wildman–Crippen LogP) is 5.90. The largest absolute Gasteiger partial charge is 0.496 e. The molecule has 0 aliphatic rings. The summed E-state index contributed by atoms with van der Waals surface area (Å²) < 4.78 is 37.4. The minimum atomic E-state index is -4.00. The molecule has 10 heteroatoms. The van der Waals surface area contributed by atoms with Crippen LogP contribution in [-0.2, 0) is 21.0 Å². The highest BCUT2D eigenvalue weighted by molar-refractivity contribution is 7.91. The van der Waals surface area contributed by atoms with Crippen molar-refractivity contribution in [2.24, 2.45) is 0 Å². The van der Waals surface area contributed by atoms with Gasteiger partial charge in [0.1, 0.15) is 11.4 Å². The van der Waals surface area contributed by atoms with Crippen LogP contribution in [0.1, 0.15) is 55.3 Å². The molecule has 0 aromatic heterocycles. The normalized spacial score (nSPS) is 13.3. The number of aldehydes is 1. The van der Waals surface area contributed by atoms with Crippen LogP contribution in [0.25, 0.3) is 0 Å². The number of nitrogens with zero attached hydrogens (tertiary/aromatic N) is 1. The Kier molecular flexibility index (Phi) is 10.00. The number of aliphatic hydroxyl groups is 1. The Bertz CT molecular complexity index is 1450. The molecule has 0 radical (unpaired) electrons. The topological polar surface area (TPSA) is 110 Å². The molecule has 3 aromatic carbocycles. The monoisotopic (exact) mass is 587 g/mol. The lowest BCUT2D eigenvalue weighted by Gasteiger charge is -2.33. The van der Waals surface area contributed by atoms with E-state index in [0.717, 1.165) is 5.56 Å². The molecule has 1 amide bonds. The first-order valence-corrected chi connectivity index (χ1v) is 14.5. The van der Waals surface area contributed by atoms with E-state index in [0.29, 0.717) is 23.3 Å². The Hall–Kier alpha value is -3.40. The number of hydrogen-bond acceptors (Lipinski definition) is 7. The van der Waals surface area contributed by atoms with Crippen LogP contribution in [0.3, 0.4) is 0 Å². The second kappa shape index (κ2) is 12.8. The molecule has 3 aromatic rings. The molecule has 40 heavy (non-hydrogen) atoms. The summed E-state index contributed by atoms with van der Waals surface area (Å²) in [5.74, 6) is 0.170. The van der Waals surface area contributed by atoms with Crippen molar-refractivity contribution in [3.63, 3.8) is 0 Å². The second-order valence-electron chi connectivity index (χ2n) is 10.4. The van der Waals surface area contributed by atoms with Gasteiger partial charge in [0.05, 0.1) is 35.1 Å². The van der Waals surface area contributed by atoms with Crippen molar-refractivity contribution < 1.29 is 32.6 Å². The van der Waals surface area contributed by atoms with Crippen molar-refractivity contribution in [1.29, 1.82) is 0 Å². The SMILES string of the molecule is COc1cccc(S(=O)(=O)c2ccc(C[C@@H](C)N(C[C@H](O)c3cccc(Cl)c3)C(=O)OC(C)(C)C)cc2)c1C=O. The van der Waals surface area contributed by atoms with E-state index >= 15 is 0 Å². The van der Waals surface area contributed by atoms with Crippen molar-refractivity contribution in [3.8, 4) is 5.75 Å². The fourth-order valence-corrected chi connectivity index (χ4v) is 5.84. The summed E-state index contributed by atoms with van der Waals surface area (Å²) in [4.78, 5) is 26.1. The van der Waals surface area contributed by atoms with E-state index in [2.05, 4.69) is 0 Å². The number of amides is 1. The fraction of sp³-hybridized carbons (Fsp3) is 0.333. The lowest BCUT2D eigenvalue weighted by Crippen LogP contribution is -2.45. The molecule has 0 aliphatic carbocycles. The molecular formula is C30H34ClNO7S. The van der Waals surface area contributed by atoms with E-state index in [4.69, 9.17) is 21.1 Å². The first-order valence-electron chi connectivity index (χ1n) is 12.7. The van der Waals surface area contributed by atoms with Crippen molar-refractivity contribution in [3.05, 3.63) is 88.4 Å². The lowest BCUT2D eigenvalue weighted by atomic mass is 10.0. The highest BCUT2D eigenvalue weighted by Gasteiger charge is 2.29. The zero-order valence-corrected chi connectivity index (χ0v) is 24.7. The van der Waals surface area contributed by atoms with Crippen LogP contribution in [0.4, 0.5) is 4.79 Å². The molecule has 0 bridgehead atoms. The maximum absolute atomic E-state index is 13.3. The molecule has 0 saturated heterocycles. The molecule has 0 fully saturated rings. The summed E-state index contributed by atoms with van der Waals surface area (Å²) in [6.45, 7) is 7.08. The van der Waals surface area contributed by atoms with E-state index in [1.165, 1.54) is 42.3 Å². The molecule has 8 nitrogen and oxygen atoms in total. The lowest BCUT2D eigenvalue weighted by molar-refractivity contribution is 0.00547. The van der Waals surface area contributed by atoms with Gasteiger partial charge in [-0.05, 0) is 81.6 Å². The minimum absolute atomic E-state index is 0.0145. The third kappa shape index (κ3) is 7.62. The molecule has 3 rings (SSSR count). The summed E-state index contributed by atoms with van der Waals surface area (Å²) in [6, 6.07) is 17.0. The first-order chi connectivity index (χ1) is 18.8. The maximum atomic E-state index is 13.3. The van der Waals surface area contributed by atoms with E-state index in [1.54, 1.807) is 57.2 Å². The Morgan fingerprint density at radius 2 is 1.73 bits per heavy atom. The van der Waals surface area contributed by atoms with Gasteiger partial charge in [-0.1, -0.05) is 41.9 Å². The van der Waals surface area contributed by atoms with Crippen LogP contribution in [0.15, 0.2) is 76.5 Å². The van der Waals surface area contributed by atoms with E-state index in [1.807, 2.05) is 6.92 Å². The van der Waals surface area contributed by atoms with Gasteiger partial charge in [-0.25, -0.2) is 13.2 Å². The third-order valence-corrected chi connectivity index (χ3v) is 8.24. The standard InChI is InChI=1S/C30H34ClNO7S/c1-20(32(29(35)39-30(2,3)4)18-26(34)22-8-6-9-23(31)17-22)16-21-12-14-24(15-13-21)40(36,37)28-11-7-10-27(38-5)25(28)19-33/h6-15,17,19-20,26,34H,16,18H2,1-5H3/t20-,26+/m1/s1. The quantitative estimate of drug-likeness (QED) is 0.294. The van der Waals surface area contributed by atoms with E-state index in [-0.39, 0.29) is 27.6 Å². The van der Waals surface area contributed by atoms with Crippen LogP contribution in [-0.4, -0.2) is 56.1 Å². The average Bonchev–Trinajstić information content (AvgIpc) is 2.90. The zero-order chi connectivity index (χ0) is 29.7. The number of hydrogen-bond donors (Lipinski definition) is 1. The molecule has 214 valence electrons. The zero-order valence-electron chi connectivity index (χ0n) is 23.1. The fourth-order valence-electron chi connectivity index (χ4n) is 4.20. The van der Waals surface area contributed by atoms with Gasteiger partial charge in [0.2, 0.25) is 9.84 Å². The van der Waals surface area contributed by atoms with Gasteiger partial charge in [-0.15, -0.1) is 0 Å². The molecule has 0 spiro atoms. The molecule has 2 atom stereocenters. The first kappa shape index (κ1) is 31.1. The molecular weight excluding hydrogens is 554 g/mol. The van der Waals surface area contributed by atoms with Crippen molar-refractivity contribution in [2.45, 2.75) is 61.7 Å². The van der Waals surface area contributed by atoms with E-state index < -0.39 is 33.7 Å². The van der Waals surface area contributed by atoms with Crippen LogP contribution >= 0.6 is 11.6 Å². The number of carbonyl (C=O) groups is 2. The Morgan fingerprint density at radius 3 is 2.30 bits per heavy atom. The molecule has 1 N–H and O–H groups in total. The van der Waals surface area contributed by atoms with Gasteiger partial charge >= 0.3 is 6.09 Å². The average molecular weight is 588 g/mol. The van der Waals surface area contributed by atoms with Crippen molar-refractivity contribution >= 4 is 33.8 Å². The number of methoxy groups -OCH3 is 1. The number of rotatable bonds is 10. The maximum Gasteiger partial charge on any atom is 0.410 e. The number of ether oxygens (including phenoxy) is 2. The smallest absolute Gasteiger partial charge is 0.410 e. The second-order valence-corrected chi connectivity index (χ2v) is 12.7. The van der Waals surface area contributed by atoms with Crippen LogP contribution < -0.4 is 4.74 Å². The number of benzene rings is 3. The minimum Gasteiger partial charge on any atom is -0.496 e. The summed E-state index contributed by atoms with van der Waals surface area (Å²) >= 11 is 6.08. The van der Waals surface area contributed by atoms with Gasteiger partial charge < -0.3 is 19.5 Å². The summed E-state index contributed by atoms with van der Waals surface area (Å²) in [5.41, 5.74) is 0.537. The summed E-state index contributed by atoms with van der Waals surface area (Å²) in [7, 11) is -2.64. The summed E-state index contributed by atoms with van der Waals surface area (Å²) in [5, 5.41) is 11.4. The number of halogens is 1. The Labute approximate surface area is 240 Å². The van der Waals surface area contributed by atoms with Gasteiger partial charge in [0.15, 0.2) is 6.29 Å². The predicted molar refractivity (Wildman–Crippen MR) is 153 cm³/mol. The van der Waals surface area contributed by atoms with Crippen LogP contribution in [0.2, 0.25) is 5.02 Å². The van der Waals surface area contributed by atoms with Gasteiger partial charge in [0.25, 0.3) is 0 Å². The highest BCUT2D eigenvalue weighted by Crippen LogP contribution is 2.29. The summed E-state index contributed by atoms with van der Waals surface area (Å²) in [6.07, 6.45) is -0.762. The van der Waals surface area contributed by atoms with Crippen molar-refractivity contribution in [2.75, 3.05) is 13.7 Å². The van der Waals surface area contributed by atoms with E-state index in [9.17, 15) is 23.1 Å². The van der Waals surface area contributed by atoms with Crippen molar-refractivity contribution in [1.82, 2.24) is 4.90 Å². The molecule has 0 heterocycles. The van der Waals surface area contributed by atoms with Crippen LogP contribution in [0.5, 0.6) is 5.75 Å². The van der Waals surface area contributed by atoms with Gasteiger partial charge in [-0.3, -0.25) is 4.79 Å². The Balaban J connectivity index is 1.85. The molecule has 0 saturated carbocycles. The van der Waals surface area contributed by atoms with Gasteiger partial charge in [-0.2, -0.15) is 0 Å². The number of carbonyl (C=O) groups excluding carboxylic acids is 2. The number of aliphatic hydroxyl groups excluding tert-OH is 1. The number of sulfone groups is 1. The Morgan fingerprint density at radius 1 is 1.07 bits per heavy atom. The third-order valence-electron chi connectivity index (χ3n) is 6.18.